The molecule has 1 saturated heterocycles. The van der Waals surface area contributed by atoms with E-state index in [1.807, 2.05) is 5.38 Å². The van der Waals surface area contributed by atoms with Crippen LogP contribution in [0.2, 0.25) is 15.1 Å². The van der Waals surface area contributed by atoms with Gasteiger partial charge in [0.15, 0.2) is 5.75 Å². The fourth-order valence-electron chi connectivity index (χ4n) is 3.49. The van der Waals surface area contributed by atoms with Gasteiger partial charge >= 0.3 is 0 Å². The number of carbonyl (C=O) groups is 2. The Balaban J connectivity index is 1.94. The van der Waals surface area contributed by atoms with Crippen molar-refractivity contribution in [3.63, 3.8) is 0 Å². The number of hydrogen-bond donors (Lipinski definition) is 1. The lowest BCUT2D eigenvalue weighted by Crippen LogP contribution is -2.29. The molecular weight excluding hydrogens is 481 g/mol. The Labute approximate surface area is 197 Å². The number of rotatable bonds is 4. The third-order valence-corrected chi connectivity index (χ3v) is 6.54. The van der Waals surface area contributed by atoms with Gasteiger partial charge in [0.2, 0.25) is 0 Å². The highest BCUT2D eigenvalue weighted by Gasteiger charge is 2.47. The summed E-state index contributed by atoms with van der Waals surface area (Å²) in [7, 11) is 1.42. The summed E-state index contributed by atoms with van der Waals surface area (Å²) in [5.74, 6) is -1.73. The smallest absolute Gasteiger partial charge is 0.300 e. The summed E-state index contributed by atoms with van der Waals surface area (Å²) < 4.78 is 5.14. The van der Waals surface area contributed by atoms with Gasteiger partial charge in [0.1, 0.15) is 11.8 Å². The number of hydrogen-bond acceptors (Lipinski definition) is 5. The zero-order chi connectivity index (χ0) is 22.3. The number of anilines is 1. The van der Waals surface area contributed by atoms with Crippen LogP contribution < -0.4 is 9.64 Å². The summed E-state index contributed by atoms with van der Waals surface area (Å²) in [4.78, 5) is 28.1. The number of aliphatic hydroxyl groups excluding tert-OH is 1. The number of Topliss-reactive ketones (excluding diaryl/α,β-unsaturated/α-hetero) is 1. The Bertz CT molecular complexity index is 1200. The van der Waals surface area contributed by atoms with Gasteiger partial charge in [0, 0.05) is 21.2 Å². The maximum absolute atomic E-state index is 13.1. The molecule has 1 unspecified atom stereocenters. The van der Waals surface area contributed by atoms with Crippen molar-refractivity contribution in [1.82, 2.24) is 0 Å². The summed E-state index contributed by atoms with van der Waals surface area (Å²) in [6.07, 6.45) is 0. The molecule has 2 aromatic carbocycles. The van der Waals surface area contributed by atoms with E-state index < -0.39 is 17.7 Å². The van der Waals surface area contributed by atoms with Crippen LogP contribution in [0.25, 0.3) is 5.76 Å². The van der Waals surface area contributed by atoms with Crippen molar-refractivity contribution in [2.75, 3.05) is 12.0 Å². The Hall–Kier alpha value is -2.51. The quantitative estimate of drug-likeness (QED) is 0.261. The van der Waals surface area contributed by atoms with Crippen LogP contribution in [0.15, 0.2) is 59.5 Å². The molecule has 4 rings (SSSR count). The summed E-state index contributed by atoms with van der Waals surface area (Å²) in [5, 5.41) is 13.7. The van der Waals surface area contributed by atoms with E-state index >= 15 is 0 Å². The third-order valence-electron chi connectivity index (χ3n) is 4.82. The standard InChI is InChI=1S/C22H14Cl3NO4S/c1-30-21-14(24)8-11(9-15(21)25)19(27)17-18(16-6-3-7-31-16)26(22(29)20(17)28)13-5-2-4-12(23)10-13/h2-10,18,27H,1H3/b19-17-. The maximum atomic E-state index is 13.1. The molecule has 9 heteroatoms. The maximum Gasteiger partial charge on any atom is 0.300 e. The summed E-state index contributed by atoms with van der Waals surface area (Å²) in [6, 6.07) is 12.2. The van der Waals surface area contributed by atoms with Gasteiger partial charge in [-0.2, -0.15) is 0 Å². The number of nitrogens with zero attached hydrogens (tertiary/aromatic N) is 1. The van der Waals surface area contributed by atoms with Crippen LogP contribution in [0, 0.1) is 0 Å². The second-order valence-electron chi connectivity index (χ2n) is 6.64. The Morgan fingerprint density at radius 3 is 2.35 bits per heavy atom. The molecule has 1 aromatic heterocycles. The zero-order valence-electron chi connectivity index (χ0n) is 15.9. The number of methoxy groups -OCH3 is 1. The highest BCUT2D eigenvalue weighted by atomic mass is 35.5. The first-order valence-electron chi connectivity index (χ1n) is 8.97. The predicted octanol–water partition coefficient (Wildman–Crippen LogP) is 6.34. The molecule has 2 heterocycles. The summed E-state index contributed by atoms with van der Waals surface area (Å²) >= 11 is 19.9. The van der Waals surface area contributed by atoms with Crippen molar-refractivity contribution in [3.05, 3.63) is 85.0 Å². The van der Waals surface area contributed by atoms with E-state index in [0.29, 0.717) is 15.6 Å². The Kier molecular flexibility index (Phi) is 5.99. The van der Waals surface area contributed by atoms with E-state index in [9.17, 15) is 14.7 Å². The van der Waals surface area contributed by atoms with Crippen LogP contribution in [0.3, 0.4) is 0 Å². The fourth-order valence-corrected chi connectivity index (χ4v) is 5.14. The van der Waals surface area contributed by atoms with Gasteiger partial charge in [-0.3, -0.25) is 14.5 Å². The van der Waals surface area contributed by atoms with Crippen molar-refractivity contribution >= 4 is 69.3 Å². The molecule has 1 fully saturated rings. The molecule has 0 saturated carbocycles. The number of ketones is 1. The number of amides is 1. The molecule has 1 aliphatic heterocycles. The van der Waals surface area contributed by atoms with Gasteiger partial charge in [0.05, 0.1) is 22.7 Å². The molecule has 3 aromatic rings. The summed E-state index contributed by atoms with van der Waals surface area (Å²) in [6.45, 7) is 0. The molecule has 5 nitrogen and oxygen atoms in total. The molecule has 0 bridgehead atoms. The van der Waals surface area contributed by atoms with Crippen molar-refractivity contribution in [3.8, 4) is 5.75 Å². The van der Waals surface area contributed by atoms with Crippen molar-refractivity contribution in [1.29, 1.82) is 0 Å². The van der Waals surface area contributed by atoms with Crippen molar-refractivity contribution in [2.45, 2.75) is 6.04 Å². The van der Waals surface area contributed by atoms with Crippen molar-refractivity contribution in [2.24, 2.45) is 0 Å². The van der Waals surface area contributed by atoms with Gasteiger partial charge < -0.3 is 9.84 Å². The van der Waals surface area contributed by atoms with E-state index in [1.54, 1.807) is 36.4 Å². The first kappa shape index (κ1) is 21.7. The van der Waals surface area contributed by atoms with Crippen LogP contribution in [0.1, 0.15) is 16.5 Å². The van der Waals surface area contributed by atoms with E-state index in [1.165, 1.54) is 35.5 Å². The van der Waals surface area contributed by atoms with Gasteiger partial charge in [-0.15, -0.1) is 11.3 Å². The first-order valence-corrected chi connectivity index (χ1v) is 11.0. The minimum atomic E-state index is -0.835. The SMILES string of the molecule is COc1c(Cl)cc(/C(O)=C2/C(=O)C(=O)N(c3cccc(Cl)c3)C2c2cccs2)cc1Cl. The van der Waals surface area contributed by atoms with Crippen LogP contribution >= 0.6 is 46.1 Å². The van der Waals surface area contributed by atoms with E-state index in [0.717, 1.165) is 0 Å². The molecular formula is C22H14Cl3NO4S. The van der Waals surface area contributed by atoms with Gasteiger partial charge in [0.25, 0.3) is 11.7 Å². The number of aliphatic hydroxyl groups is 1. The lowest BCUT2D eigenvalue weighted by atomic mass is 9.99. The second kappa shape index (κ2) is 8.55. The lowest BCUT2D eigenvalue weighted by molar-refractivity contribution is -0.132. The highest BCUT2D eigenvalue weighted by molar-refractivity contribution is 7.10. The number of ether oxygens (including phenoxy) is 1. The Morgan fingerprint density at radius 1 is 1.06 bits per heavy atom. The normalized spacial score (nSPS) is 17.9. The first-order chi connectivity index (χ1) is 14.8. The van der Waals surface area contributed by atoms with Gasteiger partial charge in [-0.25, -0.2) is 0 Å². The monoisotopic (exact) mass is 493 g/mol. The van der Waals surface area contributed by atoms with Gasteiger partial charge in [-0.05, 0) is 41.8 Å². The number of benzene rings is 2. The molecule has 0 spiro atoms. The van der Waals surface area contributed by atoms with E-state index in [2.05, 4.69) is 0 Å². The van der Waals surface area contributed by atoms with Crippen LogP contribution in [0.5, 0.6) is 5.75 Å². The van der Waals surface area contributed by atoms with E-state index in [4.69, 9.17) is 39.5 Å². The average molecular weight is 495 g/mol. The third kappa shape index (κ3) is 3.81. The van der Waals surface area contributed by atoms with Crippen LogP contribution in [0.4, 0.5) is 5.69 Å². The van der Waals surface area contributed by atoms with Crippen LogP contribution in [-0.2, 0) is 9.59 Å². The predicted molar refractivity (Wildman–Crippen MR) is 124 cm³/mol. The minimum absolute atomic E-state index is 0.0651. The number of halogens is 3. The van der Waals surface area contributed by atoms with Crippen LogP contribution in [-0.4, -0.2) is 23.9 Å². The summed E-state index contributed by atoms with van der Waals surface area (Å²) in [5.41, 5.74) is 0.573. The number of thiophene rings is 1. The second-order valence-corrected chi connectivity index (χ2v) is 8.87. The molecule has 1 atom stereocenters. The fraction of sp³-hybridized carbons (Fsp3) is 0.0909. The van der Waals surface area contributed by atoms with Crippen molar-refractivity contribution < 1.29 is 19.4 Å². The molecule has 1 amide bonds. The largest absolute Gasteiger partial charge is 0.507 e. The van der Waals surface area contributed by atoms with E-state index in [-0.39, 0.29) is 32.7 Å². The zero-order valence-corrected chi connectivity index (χ0v) is 19.0. The minimum Gasteiger partial charge on any atom is -0.507 e. The average Bonchev–Trinajstić information content (AvgIpc) is 3.34. The molecule has 1 aliphatic rings. The molecule has 31 heavy (non-hydrogen) atoms. The highest BCUT2D eigenvalue weighted by Crippen LogP contribution is 2.45. The number of carbonyl (C=O) groups excluding carboxylic acids is 2. The molecule has 158 valence electrons. The molecule has 0 aliphatic carbocycles. The van der Waals surface area contributed by atoms with Gasteiger partial charge in [-0.1, -0.05) is 46.9 Å². The lowest BCUT2D eigenvalue weighted by Gasteiger charge is -2.24. The molecule has 0 radical (unpaired) electrons. The Morgan fingerprint density at radius 2 is 1.77 bits per heavy atom. The molecule has 1 N–H and O–H groups in total. The topological polar surface area (TPSA) is 66.8 Å².